The van der Waals surface area contributed by atoms with Crippen LogP contribution in [0.3, 0.4) is 0 Å². The third-order valence-corrected chi connectivity index (χ3v) is 4.92. The number of anilines is 1. The van der Waals surface area contributed by atoms with Gasteiger partial charge in [-0.15, -0.1) is 0 Å². The number of benzene rings is 3. The van der Waals surface area contributed by atoms with Gasteiger partial charge >= 0.3 is 5.97 Å². The number of carbonyl (C=O) groups is 3. The largest absolute Gasteiger partial charge is 0.457 e. The van der Waals surface area contributed by atoms with Crippen molar-refractivity contribution in [3.8, 4) is 0 Å². The van der Waals surface area contributed by atoms with Crippen LogP contribution < -0.4 is 4.90 Å². The van der Waals surface area contributed by atoms with Gasteiger partial charge in [-0.05, 0) is 29.8 Å². The molecule has 164 valence electrons. The number of nitro groups is 2. The van der Waals surface area contributed by atoms with E-state index in [1.165, 1.54) is 54.6 Å². The van der Waals surface area contributed by atoms with E-state index in [4.69, 9.17) is 4.74 Å². The number of carbonyl (C=O) groups excluding carboxylic acids is 3. The molecule has 0 saturated heterocycles. The first kappa shape index (κ1) is 21.3. The summed E-state index contributed by atoms with van der Waals surface area (Å²) in [6.07, 6.45) is 0. The molecule has 0 unspecified atom stereocenters. The molecule has 0 atom stereocenters. The molecule has 0 radical (unpaired) electrons. The summed E-state index contributed by atoms with van der Waals surface area (Å²) in [6, 6.07) is 14.9. The minimum Gasteiger partial charge on any atom is -0.457 e. The van der Waals surface area contributed by atoms with Crippen molar-refractivity contribution in [2.75, 3.05) is 4.90 Å². The molecule has 1 aliphatic heterocycles. The zero-order chi connectivity index (χ0) is 23.7. The summed E-state index contributed by atoms with van der Waals surface area (Å²) < 4.78 is 5.19. The molecular weight excluding hydrogens is 434 g/mol. The first-order valence-electron chi connectivity index (χ1n) is 9.44. The second-order valence-corrected chi connectivity index (χ2v) is 6.96. The molecule has 1 heterocycles. The van der Waals surface area contributed by atoms with Gasteiger partial charge in [0.2, 0.25) is 0 Å². The fourth-order valence-electron chi connectivity index (χ4n) is 3.42. The molecule has 2 amide bonds. The Morgan fingerprint density at radius 1 is 0.879 bits per heavy atom. The highest BCUT2D eigenvalue weighted by molar-refractivity contribution is 6.35. The Hall–Kier alpha value is -4.93. The Morgan fingerprint density at radius 2 is 1.61 bits per heavy atom. The number of hydrogen-bond donors (Lipinski definition) is 0. The summed E-state index contributed by atoms with van der Waals surface area (Å²) in [5.74, 6) is -2.41. The lowest BCUT2D eigenvalue weighted by molar-refractivity contribution is -0.385. The second-order valence-electron chi connectivity index (χ2n) is 6.96. The van der Waals surface area contributed by atoms with Crippen molar-refractivity contribution in [2.45, 2.75) is 6.61 Å². The average Bonchev–Trinajstić information content (AvgIpc) is 3.07. The smallest absolute Gasteiger partial charge is 0.338 e. The Kier molecular flexibility index (Phi) is 5.36. The van der Waals surface area contributed by atoms with Crippen LogP contribution in [0.2, 0.25) is 0 Å². The summed E-state index contributed by atoms with van der Waals surface area (Å²) in [4.78, 5) is 59.7. The summed E-state index contributed by atoms with van der Waals surface area (Å²) in [7, 11) is 0. The van der Waals surface area contributed by atoms with Crippen molar-refractivity contribution >= 4 is 34.8 Å². The first-order chi connectivity index (χ1) is 15.8. The maximum Gasteiger partial charge on any atom is 0.338 e. The van der Waals surface area contributed by atoms with Crippen LogP contribution in [-0.2, 0) is 11.3 Å². The standard InChI is InChI=1S/C22H13N3O8/c26-20-17-8-3-9-18(25(31)32)19(17)21(27)23(20)15-6-2-5-14(11-15)22(28)33-12-13-4-1-7-16(10-13)24(29)30/h1-11H,12H2. The topological polar surface area (TPSA) is 150 Å². The van der Waals surface area contributed by atoms with Crippen LogP contribution in [0.15, 0.2) is 66.7 Å². The lowest BCUT2D eigenvalue weighted by Crippen LogP contribution is -2.29. The van der Waals surface area contributed by atoms with E-state index in [-0.39, 0.29) is 34.7 Å². The predicted molar refractivity (Wildman–Crippen MR) is 113 cm³/mol. The molecule has 4 rings (SSSR count). The summed E-state index contributed by atoms with van der Waals surface area (Å²) >= 11 is 0. The molecule has 0 saturated carbocycles. The van der Waals surface area contributed by atoms with Gasteiger partial charge in [-0.2, -0.15) is 0 Å². The van der Waals surface area contributed by atoms with Gasteiger partial charge in [0.15, 0.2) is 0 Å². The number of imide groups is 1. The minimum absolute atomic E-state index is 0.0176. The van der Waals surface area contributed by atoms with Gasteiger partial charge in [0.05, 0.1) is 26.7 Å². The molecular formula is C22H13N3O8. The van der Waals surface area contributed by atoms with Crippen molar-refractivity contribution in [1.82, 2.24) is 0 Å². The van der Waals surface area contributed by atoms with E-state index < -0.39 is 33.3 Å². The number of esters is 1. The molecule has 0 aliphatic carbocycles. The van der Waals surface area contributed by atoms with Crippen LogP contribution in [0.25, 0.3) is 0 Å². The normalized spacial score (nSPS) is 12.4. The maximum atomic E-state index is 12.8. The SMILES string of the molecule is O=C(OCc1cccc([N+](=O)[O-])c1)c1cccc(N2C(=O)c3cccc([N+](=O)[O-])c3C2=O)c1. The quantitative estimate of drug-likeness (QED) is 0.240. The molecule has 11 heteroatoms. The lowest BCUT2D eigenvalue weighted by atomic mass is 10.1. The highest BCUT2D eigenvalue weighted by Gasteiger charge is 2.41. The maximum absolute atomic E-state index is 12.8. The van der Waals surface area contributed by atoms with Gasteiger partial charge in [-0.1, -0.05) is 24.3 Å². The number of non-ortho nitro benzene ring substituents is 1. The van der Waals surface area contributed by atoms with Crippen molar-refractivity contribution in [3.05, 3.63) is 109 Å². The molecule has 3 aromatic rings. The van der Waals surface area contributed by atoms with Crippen LogP contribution in [0.5, 0.6) is 0 Å². The third kappa shape index (κ3) is 3.90. The number of fused-ring (bicyclic) bond motifs is 1. The first-order valence-corrected chi connectivity index (χ1v) is 9.44. The molecule has 3 aromatic carbocycles. The van der Waals surface area contributed by atoms with Gasteiger partial charge in [0.25, 0.3) is 23.2 Å². The van der Waals surface area contributed by atoms with E-state index in [1.54, 1.807) is 6.07 Å². The number of ether oxygens (including phenoxy) is 1. The van der Waals surface area contributed by atoms with Crippen LogP contribution in [-0.4, -0.2) is 27.6 Å². The summed E-state index contributed by atoms with van der Waals surface area (Å²) in [5.41, 5.74) is -0.587. The van der Waals surface area contributed by atoms with Crippen LogP contribution >= 0.6 is 0 Å². The molecule has 0 fully saturated rings. The van der Waals surface area contributed by atoms with Gasteiger partial charge in [0.1, 0.15) is 12.2 Å². The lowest BCUT2D eigenvalue weighted by Gasteiger charge is -2.14. The molecule has 0 N–H and O–H groups in total. The molecule has 0 spiro atoms. The number of nitrogens with zero attached hydrogens (tertiary/aromatic N) is 3. The van der Waals surface area contributed by atoms with E-state index in [2.05, 4.69) is 0 Å². The fraction of sp³-hybridized carbons (Fsp3) is 0.0455. The van der Waals surface area contributed by atoms with E-state index in [0.717, 1.165) is 11.0 Å². The summed E-state index contributed by atoms with van der Waals surface area (Å²) in [6.45, 7) is -0.232. The van der Waals surface area contributed by atoms with Crippen LogP contribution in [0.4, 0.5) is 17.1 Å². The van der Waals surface area contributed by atoms with E-state index in [1.807, 2.05) is 0 Å². The second kappa shape index (κ2) is 8.30. The van der Waals surface area contributed by atoms with E-state index in [9.17, 15) is 34.6 Å². The fourth-order valence-corrected chi connectivity index (χ4v) is 3.42. The average molecular weight is 447 g/mol. The Morgan fingerprint density at radius 3 is 2.33 bits per heavy atom. The van der Waals surface area contributed by atoms with Crippen molar-refractivity contribution in [3.63, 3.8) is 0 Å². The zero-order valence-corrected chi connectivity index (χ0v) is 16.7. The van der Waals surface area contributed by atoms with Gasteiger partial charge in [-0.3, -0.25) is 29.8 Å². The zero-order valence-electron chi connectivity index (χ0n) is 16.7. The number of rotatable bonds is 6. The molecule has 0 aromatic heterocycles. The number of hydrogen-bond acceptors (Lipinski definition) is 8. The summed E-state index contributed by atoms with van der Waals surface area (Å²) in [5, 5.41) is 22.1. The molecule has 0 bridgehead atoms. The van der Waals surface area contributed by atoms with Crippen molar-refractivity contribution < 1.29 is 29.0 Å². The van der Waals surface area contributed by atoms with Gasteiger partial charge < -0.3 is 4.74 Å². The van der Waals surface area contributed by atoms with Crippen molar-refractivity contribution in [2.24, 2.45) is 0 Å². The Bertz CT molecular complexity index is 1350. The van der Waals surface area contributed by atoms with E-state index >= 15 is 0 Å². The van der Waals surface area contributed by atoms with Gasteiger partial charge in [0, 0.05) is 18.2 Å². The van der Waals surface area contributed by atoms with E-state index in [0.29, 0.717) is 5.56 Å². The Balaban J connectivity index is 1.56. The molecule has 1 aliphatic rings. The van der Waals surface area contributed by atoms with Crippen molar-refractivity contribution in [1.29, 1.82) is 0 Å². The number of amides is 2. The van der Waals surface area contributed by atoms with Crippen LogP contribution in [0.1, 0.15) is 36.6 Å². The number of nitro benzene ring substituents is 2. The highest BCUT2D eigenvalue weighted by Crippen LogP contribution is 2.34. The van der Waals surface area contributed by atoms with Crippen LogP contribution in [0, 0.1) is 20.2 Å². The highest BCUT2D eigenvalue weighted by atomic mass is 16.6. The van der Waals surface area contributed by atoms with Gasteiger partial charge in [-0.25, -0.2) is 9.69 Å². The minimum atomic E-state index is -0.871. The monoisotopic (exact) mass is 447 g/mol. The molecule has 11 nitrogen and oxygen atoms in total. The Labute approximate surface area is 185 Å². The predicted octanol–water partition coefficient (Wildman–Crippen LogP) is 3.66. The third-order valence-electron chi connectivity index (χ3n) is 4.92. The molecule has 33 heavy (non-hydrogen) atoms.